The van der Waals surface area contributed by atoms with Crippen LogP contribution in [0.25, 0.3) is 0 Å². The lowest BCUT2D eigenvalue weighted by Gasteiger charge is -2.25. The number of nitrogens with one attached hydrogen (secondary N) is 1. The molecule has 1 aromatic carbocycles. The summed E-state index contributed by atoms with van der Waals surface area (Å²) in [6, 6.07) is 7.84. The predicted octanol–water partition coefficient (Wildman–Crippen LogP) is 3.07. The molecule has 0 saturated heterocycles. The van der Waals surface area contributed by atoms with Crippen molar-refractivity contribution in [3.63, 3.8) is 0 Å². The number of rotatable bonds is 7. The Labute approximate surface area is 113 Å². The molecule has 0 unspecified atom stereocenters. The molecule has 0 saturated carbocycles. The first-order valence-electron chi connectivity index (χ1n) is 6.10. The van der Waals surface area contributed by atoms with Crippen molar-refractivity contribution < 1.29 is 9.90 Å². The molecule has 0 heterocycles. The molecular weight excluding hydrogens is 250 g/mol. The normalized spacial score (nSPS) is 11.5. The molecule has 1 aromatic rings. The predicted molar refractivity (Wildman–Crippen MR) is 74.2 cm³/mol. The second-order valence-electron chi connectivity index (χ2n) is 5.06. The molecule has 0 fully saturated rings. The zero-order valence-electron chi connectivity index (χ0n) is 10.9. The van der Waals surface area contributed by atoms with Gasteiger partial charge in [-0.2, -0.15) is 0 Å². The van der Waals surface area contributed by atoms with Gasteiger partial charge in [0.15, 0.2) is 0 Å². The highest BCUT2D eigenvalue weighted by Crippen LogP contribution is 2.23. The average molecular weight is 270 g/mol. The highest BCUT2D eigenvalue weighted by molar-refractivity contribution is 6.30. The largest absolute Gasteiger partial charge is 0.481 e. The van der Waals surface area contributed by atoms with Crippen LogP contribution in [0.1, 0.15) is 32.3 Å². The van der Waals surface area contributed by atoms with Crippen molar-refractivity contribution in [2.45, 2.75) is 32.1 Å². The SMILES string of the molecule is CC(C)(CNCCCC(=O)O)c1ccc(Cl)cc1. The third-order valence-electron chi connectivity index (χ3n) is 2.94. The van der Waals surface area contributed by atoms with Crippen molar-refractivity contribution >= 4 is 17.6 Å². The van der Waals surface area contributed by atoms with Crippen LogP contribution in [0.4, 0.5) is 0 Å². The maximum absolute atomic E-state index is 10.4. The van der Waals surface area contributed by atoms with Gasteiger partial charge in [0, 0.05) is 23.4 Å². The minimum Gasteiger partial charge on any atom is -0.481 e. The second-order valence-corrected chi connectivity index (χ2v) is 5.50. The van der Waals surface area contributed by atoms with Crippen LogP contribution in [0.2, 0.25) is 5.02 Å². The summed E-state index contributed by atoms with van der Waals surface area (Å²) in [7, 11) is 0. The van der Waals surface area contributed by atoms with E-state index in [-0.39, 0.29) is 11.8 Å². The van der Waals surface area contributed by atoms with Gasteiger partial charge in [0.25, 0.3) is 0 Å². The molecule has 100 valence electrons. The van der Waals surface area contributed by atoms with Crippen LogP contribution in [0.5, 0.6) is 0 Å². The van der Waals surface area contributed by atoms with E-state index in [4.69, 9.17) is 16.7 Å². The average Bonchev–Trinajstić information content (AvgIpc) is 2.28. The lowest BCUT2D eigenvalue weighted by Crippen LogP contribution is -2.33. The third kappa shape index (κ3) is 5.07. The van der Waals surface area contributed by atoms with Gasteiger partial charge in [-0.15, -0.1) is 0 Å². The quantitative estimate of drug-likeness (QED) is 0.748. The summed E-state index contributed by atoms with van der Waals surface area (Å²) in [6.45, 7) is 5.85. The number of aliphatic carboxylic acids is 1. The van der Waals surface area contributed by atoms with Crippen molar-refractivity contribution in [2.75, 3.05) is 13.1 Å². The molecule has 0 aliphatic carbocycles. The van der Waals surface area contributed by atoms with E-state index < -0.39 is 5.97 Å². The zero-order valence-corrected chi connectivity index (χ0v) is 11.6. The van der Waals surface area contributed by atoms with Gasteiger partial charge in [-0.3, -0.25) is 4.79 Å². The van der Waals surface area contributed by atoms with Gasteiger partial charge in [-0.25, -0.2) is 0 Å². The van der Waals surface area contributed by atoms with Crippen molar-refractivity contribution in [2.24, 2.45) is 0 Å². The highest BCUT2D eigenvalue weighted by Gasteiger charge is 2.19. The molecule has 0 aliphatic rings. The lowest BCUT2D eigenvalue weighted by molar-refractivity contribution is -0.137. The molecule has 0 bridgehead atoms. The Kier molecular flexibility index (Phi) is 5.63. The van der Waals surface area contributed by atoms with Crippen molar-refractivity contribution in [3.05, 3.63) is 34.9 Å². The number of carboxylic acids is 1. The Hall–Kier alpha value is -1.06. The van der Waals surface area contributed by atoms with Gasteiger partial charge in [-0.05, 0) is 30.7 Å². The van der Waals surface area contributed by atoms with E-state index in [0.29, 0.717) is 6.42 Å². The molecule has 0 aromatic heterocycles. The fourth-order valence-electron chi connectivity index (χ4n) is 1.77. The summed E-state index contributed by atoms with van der Waals surface area (Å²) in [6.07, 6.45) is 0.875. The van der Waals surface area contributed by atoms with Crippen molar-refractivity contribution in [1.82, 2.24) is 5.32 Å². The topological polar surface area (TPSA) is 49.3 Å². The molecule has 18 heavy (non-hydrogen) atoms. The summed E-state index contributed by atoms with van der Waals surface area (Å²) in [5.41, 5.74) is 1.23. The second kappa shape index (κ2) is 6.76. The van der Waals surface area contributed by atoms with Crippen LogP contribution >= 0.6 is 11.6 Å². The Balaban J connectivity index is 2.39. The molecular formula is C14H20ClNO2. The lowest BCUT2D eigenvalue weighted by atomic mass is 9.84. The van der Waals surface area contributed by atoms with Crippen LogP contribution in [0, 0.1) is 0 Å². The molecule has 2 N–H and O–H groups in total. The number of carbonyl (C=O) groups is 1. The van der Waals surface area contributed by atoms with E-state index in [0.717, 1.165) is 18.1 Å². The fourth-order valence-corrected chi connectivity index (χ4v) is 1.89. The molecule has 0 spiro atoms. The van der Waals surface area contributed by atoms with Gasteiger partial charge < -0.3 is 10.4 Å². The summed E-state index contributed by atoms with van der Waals surface area (Å²) >= 11 is 5.87. The summed E-state index contributed by atoms with van der Waals surface area (Å²) in [4.78, 5) is 10.4. The van der Waals surface area contributed by atoms with Crippen LogP contribution in [-0.2, 0) is 10.2 Å². The number of benzene rings is 1. The first-order chi connectivity index (χ1) is 8.42. The van der Waals surface area contributed by atoms with Crippen molar-refractivity contribution in [3.8, 4) is 0 Å². The van der Waals surface area contributed by atoms with Crippen LogP contribution in [0.3, 0.4) is 0 Å². The van der Waals surface area contributed by atoms with Crippen LogP contribution < -0.4 is 5.32 Å². The summed E-state index contributed by atoms with van der Waals surface area (Å²) in [5, 5.41) is 12.6. The smallest absolute Gasteiger partial charge is 0.303 e. The van der Waals surface area contributed by atoms with E-state index in [2.05, 4.69) is 19.2 Å². The number of carboxylic acid groups (broad SMARTS) is 1. The molecule has 1 rings (SSSR count). The molecule has 0 amide bonds. The van der Waals surface area contributed by atoms with E-state index >= 15 is 0 Å². The Morgan fingerprint density at radius 3 is 2.50 bits per heavy atom. The maximum atomic E-state index is 10.4. The van der Waals surface area contributed by atoms with Gasteiger partial charge in [0.2, 0.25) is 0 Å². The van der Waals surface area contributed by atoms with Crippen LogP contribution in [0.15, 0.2) is 24.3 Å². The number of hydrogen-bond acceptors (Lipinski definition) is 2. The highest BCUT2D eigenvalue weighted by atomic mass is 35.5. The molecule has 0 radical (unpaired) electrons. The molecule has 4 heteroatoms. The Bertz CT molecular complexity index is 387. The minimum atomic E-state index is -0.742. The first-order valence-corrected chi connectivity index (χ1v) is 6.48. The van der Waals surface area contributed by atoms with Gasteiger partial charge in [0.1, 0.15) is 0 Å². The van der Waals surface area contributed by atoms with E-state index in [1.165, 1.54) is 5.56 Å². The van der Waals surface area contributed by atoms with Gasteiger partial charge in [0.05, 0.1) is 0 Å². The summed E-state index contributed by atoms with van der Waals surface area (Å²) < 4.78 is 0. The minimum absolute atomic E-state index is 0.00775. The first kappa shape index (κ1) is 15.0. The van der Waals surface area contributed by atoms with Gasteiger partial charge in [-0.1, -0.05) is 37.6 Å². The monoisotopic (exact) mass is 269 g/mol. The standard InChI is InChI=1S/C14H20ClNO2/c1-14(2,10-16-9-3-4-13(17)18)11-5-7-12(15)8-6-11/h5-8,16H,3-4,9-10H2,1-2H3,(H,17,18). The third-order valence-corrected chi connectivity index (χ3v) is 3.19. The molecule has 0 atom stereocenters. The Morgan fingerprint density at radius 1 is 1.33 bits per heavy atom. The zero-order chi connectivity index (χ0) is 13.6. The Morgan fingerprint density at radius 2 is 1.94 bits per heavy atom. The fraction of sp³-hybridized carbons (Fsp3) is 0.500. The van der Waals surface area contributed by atoms with Crippen LogP contribution in [-0.4, -0.2) is 24.2 Å². The van der Waals surface area contributed by atoms with E-state index in [1.807, 2.05) is 24.3 Å². The molecule has 3 nitrogen and oxygen atoms in total. The molecule has 0 aliphatic heterocycles. The van der Waals surface area contributed by atoms with E-state index in [9.17, 15) is 4.79 Å². The van der Waals surface area contributed by atoms with E-state index in [1.54, 1.807) is 0 Å². The van der Waals surface area contributed by atoms with Crippen molar-refractivity contribution in [1.29, 1.82) is 0 Å². The number of hydrogen-bond donors (Lipinski definition) is 2. The number of halogens is 1. The summed E-state index contributed by atoms with van der Waals surface area (Å²) in [5.74, 6) is -0.742. The van der Waals surface area contributed by atoms with Gasteiger partial charge >= 0.3 is 5.97 Å². The maximum Gasteiger partial charge on any atom is 0.303 e.